The number of fused-ring (bicyclic) bond motifs is 2. The number of hydrogen-bond donors (Lipinski definition) is 0. The fourth-order valence-corrected chi connectivity index (χ4v) is 6.38. The lowest BCUT2D eigenvalue weighted by atomic mass is 9.96. The molecular formula is C29H29NO4S. The summed E-state index contributed by atoms with van der Waals surface area (Å²) in [7, 11) is -3.77. The molecule has 5 rings (SSSR count). The second-order valence-corrected chi connectivity index (χ2v) is 10.6. The number of sulfonamides is 1. The Morgan fingerprint density at radius 3 is 2.23 bits per heavy atom. The normalized spacial score (nSPS) is 16.1. The van der Waals surface area contributed by atoms with Crippen LogP contribution in [0.25, 0.3) is 10.8 Å². The number of hydrogen-bond acceptors (Lipinski definition) is 4. The lowest BCUT2D eigenvalue weighted by Crippen LogP contribution is -2.47. The molecule has 1 atom stereocenters. The Labute approximate surface area is 207 Å². The summed E-state index contributed by atoms with van der Waals surface area (Å²) in [5.41, 5.74) is 2.19. The lowest BCUT2D eigenvalue weighted by Gasteiger charge is -2.36. The Bertz CT molecular complexity index is 1410. The van der Waals surface area contributed by atoms with Crippen LogP contribution >= 0.6 is 0 Å². The van der Waals surface area contributed by atoms with Gasteiger partial charge in [0.05, 0.1) is 17.5 Å². The maximum Gasteiger partial charge on any atom is 0.244 e. The predicted molar refractivity (Wildman–Crippen MR) is 138 cm³/mol. The molecule has 0 N–H and O–H groups in total. The zero-order valence-electron chi connectivity index (χ0n) is 19.8. The predicted octanol–water partition coefficient (Wildman–Crippen LogP) is 5.82. The van der Waals surface area contributed by atoms with Crippen molar-refractivity contribution < 1.29 is 17.9 Å². The maximum atomic E-state index is 14.0. The van der Waals surface area contributed by atoms with E-state index < -0.39 is 10.0 Å². The zero-order valence-corrected chi connectivity index (χ0v) is 20.6. The van der Waals surface area contributed by atoms with Crippen LogP contribution < -0.4 is 9.47 Å². The minimum absolute atomic E-state index is 0.257. The van der Waals surface area contributed by atoms with Gasteiger partial charge in [0.1, 0.15) is 18.1 Å². The van der Waals surface area contributed by atoms with Crippen LogP contribution in [0, 0.1) is 0 Å². The molecule has 0 aromatic heterocycles. The molecule has 35 heavy (non-hydrogen) atoms. The largest absolute Gasteiger partial charge is 0.494 e. The van der Waals surface area contributed by atoms with E-state index in [0.717, 1.165) is 34.1 Å². The van der Waals surface area contributed by atoms with E-state index in [-0.39, 0.29) is 12.6 Å². The standard InChI is InChI=1S/C29H29NO4S/c1-2-18-33-26-14-16-27(17-15-26)34-21-25-19-23-9-3-4-10-24(23)20-30(25)35(31,32)29-13-7-11-22-8-5-6-12-28(22)29/h3-17,25H,2,18-21H2,1H3/t25-/m0/s1. The molecule has 1 aliphatic rings. The average molecular weight is 488 g/mol. The third-order valence-electron chi connectivity index (χ3n) is 6.38. The van der Waals surface area contributed by atoms with Crippen molar-refractivity contribution in [1.82, 2.24) is 4.31 Å². The third-order valence-corrected chi connectivity index (χ3v) is 8.34. The van der Waals surface area contributed by atoms with E-state index in [9.17, 15) is 8.42 Å². The van der Waals surface area contributed by atoms with E-state index in [0.29, 0.717) is 30.2 Å². The van der Waals surface area contributed by atoms with Crippen molar-refractivity contribution >= 4 is 20.8 Å². The molecule has 0 aliphatic carbocycles. The summed E-state index contributed by atoms with van der Waals surface area (Å²) in [5.74, 6) is 1.49. The van der Waals surface area contributed by atoms with Gasteiger partial charge in [-0.3, -0.25) is 0 Å². The number of ether oxygens (including phenoxy) is 2. The molecule has 0 saturated heterocycles. The molecule has 0 unspecified atom stereocenters. The Morgan fingerprint density at radius 2 is 1.46 bits per heavy atom. The van der Waals surface area contributed by atoms with Crippen molar-refractivity contribution in [3.63, 3.8) is 0 Å². The van der Waals surface area contributed by atoms with Gasteiger partial charge in [-0.1, -0.05) is 67.6 Å². The summed E-state index contributed by atoms with van der Waals surface area (Å²) < 4.78 is 41.4. The molecule has 5 nitrogen and oxygen atoms in total. The van der Waals surface area contributed by atoms with Crippen LogP contribution in [0.15, 0.2) is 95.9 Å². The SMILES string of the molecule is CCCOc1ccc(OC[C@@H]2Cc3ccccc3CN2S(=O)(=O)c2cccc3ccccc23)cc1. The highest BCUT2D eigenvalue weighted by Gasteiger charge is 2.36. The van der Waals surface area contributed by atoms with Gasteiger partial charge in [-0.25, -0.2) is 8.42 Å². The fraction of sp³-hybridized carbons (Fsp3) is 0.241. The lowest BCUT2D eigenvalue weighted by molar-refractivity contribution is 0.189. The van der Waals surface area contributed by atoms with Crippen molar-refractivity contribution in [3.8, 4) is 11.5 Å². The highest BCUT2D eigenvalue weighted by Crippen LogP contribution is 2.32. The van der Waals surface area contributed by atoms with Gasteiger partial charge in [0, 0.05) is 11.9 Å². The van der Waals surface area contributed by atoms with Gasteiger partial charge in [-0.05, 0) is 59.7 Å². The molecule has 0 spiro atoms. The minimum atomic E-state index is -3.77. The van der Waals surface area contributed by atoms with Crippen LogP contribution in [-0.4, -0.2) is 32.0 Å². The third kappa shape index (κ3) is 4.90. The first kappa shape index (κ1) is 23.4. The van der Waals surface area contributed by atoms with E-state index in [2.05, 4.69) is 13.0 Å². The Kier molecular flexibility index (Phi) is 6.75. The van der Waals surface area contributed by atoms with Gasteiger partial charge in [0.2, 0.25) is 10.0 Å². The zero-order chi connectivity index (χ0) is 24.3. The smallest absolute Gasteiger partial charge is 0.244 e. The first-order chi connectivity index (χ1) is 17.1. The van der Waals surface area contributed by atoms with Gasteiger partial charge >= 0.3 is 0 Å². The number of benzene rings is 4. The van der Waals surface area contributed by atoms with Crippen molar-refractivity contribution in [2.75, 3.05) is 13.2 Å². The molecule has 0 saturated carbocycles. The van der Waals surface area contributed by atoms with Crippen molar-refractivity contribution in [2.24, 2.45) is 0 Å². The highest BCUT2D eigenvalue weighted by atomic mass is 32.2. The van der Waals surface area contributed by atoms with E-state index in [4.69, 9.17) is 9.47 Å². The van der Waals surface area contributed by atoms with Gasteiger partial charge in [-0.2, -0.15) is 4.31 Å². The Morgan fingerprint density at radius 1 is 0.800 bits per heavy atom. The van der Waals surface area contributed by atoms with Crippen LogP contribution in [0.4, 0.5) is 0 Å². The van der Waals surface area contributed by atoms with Crippen LogP contribution in [0.5, 0.6) is 11.5 Å². The van der Waals surface area contributed by atoms with Crippen LogP contribution in [-0.2, 0) is 23.0 Å². The van der Waals surface area contributed by atoms with Gasteiger partial charge < -0.3 is 9.47 Å². The topological polar surface area (TPSA) is 55.8 Å². The van der Waals surface area contributed by atoms with Gasteiger partial charge in [-0.15, -0.1) is 0 Å². The molecule has 1 aliphatic heterocycles. The molecule has 0 fully saturated rings. The molecular weight excluding hydrogens is 458 g/mol. The quantitative estimate of drug-likeness (QED) is 0.314. The molecule has 1 heterocycles. The Balaban J connectivity index is 1.44. The van der Waals surface area contributed by atoms with E-state index in [1.165, 1.54) is 0 Å². The monoisotopic (exact) mass is 487 g/mol. The average Bonchev–Trinajstić information content (AvgIpc) is 2.90. The number of nitrogens with zero attached hydrogens (tertiary/aromatic N) is 1. The summed E-state index contributed by atoms with van der Waals surface area (Å²) >= 11 is 0. The summed E-state index contributed by atoms with van der Waals surface area (Å²) in [6, 6.07) is 28.3. The van der Waals surface area contributed by atoms with Gasteiger partial charge in [0.15, 0.2) is 0 Å². The summed E-state index contributed by atoms with van der Waals surface area (Å²) in [5, 5.41) is 1.64. The van der Waals surface area contributed by atoms with E-state index >= 15 is 0 Å². The molecule has 4 aromatic carbocycles. The van der Waals surface area contributed by atoms with Crippen molar-refractivity contribution in [3.05, 3.63) is 102 Å². The first-order valence-electron chi connectivity index (χ1n) is 12.0. The maximum absolute atomic E-state index is 14.0. The summed E-state index contributed by atoms with van der Waals surface area (Å²) in [6.45, 7) is 3.31. The van der Waals surface area contributed by atoms with Crippen molar-refractivity contribution in [2.45, 2.75) is 37.2 Å². The molecule has 6 heteroatoms. The van der Waals surface area contributed by atoms with Crippen LogP contribution in [0.1, 0.15) is 24.5 Å². The second kappa shape index (κ2) is 10.1. The Hall–Kier alpha value is -3.35. The van der Waals surface area contributed by atoms with Gasteiger partial charge in [0.25, 0.3) is 0 Å². The fourth-order valence-electron chi connectivity index (χ4n) is 4.58. The first-order valence-corrected chi connectivity index (χ1v) is 13.4. The number of rotatable bonds is 8. The molecule has 0 amide bonds. The second-order valence-electron chi connectivity index (χ2n) is 8.79. The minimum Gasteiger partial charge on any atom is -0.494 e. The van der Waals surface area contributed by atoms with E-state index in [1.807, 2.05) is 72.8 Å². The molecule has 0 radical (unpaired) electrons. The summed E-state index contributed by atoms with van der Waals surface area (Å²) in [4.78, 5) is 0.331. The van der Waals surface area contributed by atoms with Crippen LogP contribution in [0.3, 0.4) is 0 Å². The van der Waals surface area contributed by atoms with E-state index in [1.54, 1.807) is 16.4 Å². The molecule has 4 aromatic rings. The van der Waals surface area contributed by atoms with Crippen molar-refractivity contribution in [1.29, 1.82) is 0 Å². The summed E-state index contributed by atoms with van der Waals surface area (Å²) in [6.07, 6.45) is 1.54. The van der Waals surface area contributed by atoms with Crippen LogP contribution in [0.2, 0.25) is 0 Å². The highest BCUT2D eigenvalue weighted by molar-refractivity contribution is 7.89. The molecule has 0 bridgehead atoms. The molecule has 180 valence electrons.